The minimum atomic E-state index is -3.37. The molecule has 0 fully saturated rings. The van der Waals surface area contributed by atoms with Crippen molar-refractivity contribution in [2.45, 2.75) is 24.8 Å². The van der Waals surface area contributed by atoms with E-state index in [-0.39, 0.29) is 24.1 Å². The smallest absolute Gasteiger partial charge is 0.157 e. The number of hydrogen-bond donors (Lipinski definition) is 1. The second-order valence-electron chi connectivity index (χ2n) is 5.69. The van der Waals surface area contributed by atoms with Crippen molar-refractivity contribution >= 4 is 20.7 Å². The monoisotopic (exact) mass is 347 g/mol. The molecule has 2 aromatic rings. The van der Waals surface area contributed by atoms with Gasteiger partial charge in [-0.1, -0.05) is 18.2 Å². The number of hydrogen-bond acceptors (Lipinski definition) is 6. The van der Waals surface area contributed by atoms with Gasteiger partial charge in [0, 0.05) is 24.7 Å². The topological polar surface area (TPSA) is 92.1 Å². The lowest BCUT2D eigenvalue weighted by Crippen LogP contribution is -2.42. The first-order chi connectivity index (χ1) is 11.4. The van der Waals surface area contributed by atoms with E-state index in [0.29, 0.717) is 5.56 Å². The first-order valence-corrected chi connectivity index (χ1v) is 9.44. The van der Waals surface area contributed by atoms with Gasteiger partial charge < -0.3 is 4.74 Å². The summed E-state index contributed by atoms with van der Waals surface area (Å²) in [5.41, 5.74) is 1.49. The number of benzene rings is 1. The normalized spacial score (nSPS) is 14.2. The number of aromatic nitrogens is 1. The van der Waals surface area contributed by atoms with Crippen LogP contribution in [0.15, 0.2) is 36.5 Å². The van der Waals surface area contributed by atoms with Crippen LogP contribution in [-0.4, -0.2) is 45.0 Å². The first kappa shape index (κ1) is 18.3. The Bertz CT molecular complexity index is 830. The summed E-state index contributed by atoms with van der Waals surface area (Å²) >= 11 is 0. The van der Waals surface area contributed by atoms with Gasteiger partial charge in [0.15, 0.2) is 9.84 Å². The van der Waals surface area contributed by atoms with Crippen molar-refractivity contribution in [2.75, 3.05) is 19.4 Å². The Morgan fingerprint density at radius 2 is 2.12 bits per heavy atom. The van der Waals surface area contributed by atoms with Gasteiger partial charge in [-0.05, 0) is 24.6 Å². The van der Waals surface area contributed by atoms with Gasteiger partial charge >= 0.3 is 0 Å². The largest absolute Gasteiger partial charge is 0.379 e. The zero-order valence-electron chi connectivity index (χ0n) is 13.8. The third-order valence-electron chi connectivity index (χ3n) is 3.82. The molecule has 2 rings (SSSR count). The number of sulfone groups is 1. The maximum atomic E-state index is 12.5. The number of nitrogens with zero attached hydrogens (tertiary/aromatic N) is 2. The zero-order chi connectivity index (χ0) is 17.6. The molecule has 0 spiro atoms. The molecule has 0 saturated heterocycles. The van der Waals surface area contributed by atoms with E-state index in [9.17, 15) is 8.42 Å². The van der Waals surface area contributed by atoms with Crippen LogP contribution in [0.1, 0.15) is 12.5 Å². The molecule has 0 radical (unpaired) electrons. The van der Waals surface area contributed by atoms with Crippen LogP contribution >= 0.6 is 0 Å². The summed E-state index contributed by atoms with van der Waals surface area (Å²) in [4.78, 5) is 4.30. The summed E-state index contributed by atoms with van der Waals surface area (Å²) in [6.07, 6.45) is 1.08. The van der Waals surface area contributed by atoms with Gasteiger partial charge in [0.05, 0.1) is 35.7 Å². The van der Waals surface area contributed by atoms with Crippen molar-refractivity contribution in [3.63, 3.8) is 0 Å². The van der Waals surface area contributed by atoms with Crippen LogP contribution in [0.2, 0.25) is 0 Å². The molecule has 0 unspecified atom stereocenters. The lowest BCUT2D eigenvalue weighted by Gasteiger charge is -2.22. The van der Waals surface area contributed by atoms with Gasteiger partial charge in [-0.2, -0.15) is 5.26 Å². The minimum Gasteiger partial charge on any atom is -0.379 e. The Hall–Kier alpha value is -2.01. The van der Waals surface area contributed by atoms with Gasteiger partial charge in [0.25, 0.3) is 0 Å². The van der Waals surface area contributed by atoms with Crippen LogP contribution in [0.25, 0.3) is 10.9 Å². The lowest BCUT2D eigenvalue weighted by atomic mass is 10.2. The second-order valence-corrected chi connectivity index (χ2v) is 7.80. The highest BCUT2D eigenvalue weighted by Gasteiger charge is 2.24. The second kappa shape index (κ2) is 8.20. The van der Waals surface area contributed by atoms with Crippen LogP contribution < -0.4 is 5.32 Å². The predicted octanol–water partition coefficient (Wildman–Crippen LogP) is 1.67. The standard InChI is InChI=1S/C17H21N3O3S/c1-13(19-8-7-18)17(23-2)12-24(21,22)11-14-9-15-5-3-4-6-16(15)20-10-14/h3-6,9-10,13,17,19H,8,11-12H2,1-2H3/t13-,17-/m0/s1. The molecule has 0 aliphatic rings. The van der Waals surface area contributed by atoms with Crippen LogP contribution in [0.4, 0.5) is 0 Å². The Morgan fingerprint density at radius 3 is 2.83 bits per heavy atom. The van der Waals surface area contributed by atoms with Crippen molar-refractivity contribution in [1.29, 1.82) is 5.26 Å². The Labute approximate surface area is 142 Å². The Kier molecular flexibility index (Phi) is 6.26. The van der Waals surface area contributed by atoms with Gasteiger partial charge in [-0.3, -0.25) is 10.3 Å². The maximum Gasteiger partial charge on any atom is 0.157 e. The lowest BCUT2D eigenvalue weighted by molar-refractivity contribution is 0.0924. The van der Waals surface area contributed by atoms with E-state index in [4.69, 9.17) is 10.00 Å². The van der Waals surface area contributed by atoms with E-state index in [1.165, 1.54) is 7.11 Å². The van der Waals surface area contributed by atoms with Gasteiger partial charge in [-0.15, -0.1) is 0 Å². The summed E-state index contributed by atoms with van der Waals surface area (Å²) in [6.45, 7) is 1.95. The van der Waals surface area contributed by atoms with Crippen molar-refractivity contribution in [3.8, 4) is 6.07 Å². The molecule has 1 aromatic heterocycles. The average molecular weight is 347 g/mol. The third kappa shape index (κ3) is 4.99. The summed E-state index contributed by atoms with van der Waals surface area (Å²) in [5, 5.41) is 12.5. The molecule has 1 heterocycles. The number of fused-ring (bicyclic) bond motifs is 1. The van der Waals surface area contributed by atoms with E-state index in [0.717, 1.165) is 10.9 Å². The molecule has 7 heteroatoms. The van der Waals surface area contributed by atoms with Gasteiger partial charge in [-0.25, -0.2) is 8.42 Å². The molecular weight excluding hydrogens is 326 g/mol. The van der Waals surface area contributed by atoms with Crippen LogP contribution in [0.5, 0.6) is 0 Å². The minimum absolute atomic E-state index is 0.0876. The van der Waals surface area contributed by atoms with E-state index in [2.05, 4.69) is 10.3 Å². The molecule has 2 atom stereocenters. The van der Waals surface area contributed by atoms with Crippen LogP contribution in [-0.2, 0) is 20.3 Å². The van der Waals surface area contributed by atoms with Crippen molar-refractivity contribution in [3.05, 3.63) is 42.1 Å². The van der Waals surface area contributed by atoms with E-state index in [1.54, 1.807) is 13.1 Å². The molecule has 0 aliphatic carbocycles. The molecule has 0 amide bonds. The van der Waals surface area contributed by atoms with E-state index >= 15 is 0 Å². The molecule has 1 N–H and O–H groups in total. The fraction of sp³-hybridized carbons (Fsp3) is 0.412. The van der Waals surface area contributed by atoms with Crippen molar-refractivity contribution in [1.82, 2.24) is 10.3 Å². The molecule has 24 heavy (non-hydrogen) atoms. The Balaban J connectivity index is 2.09. The van der Waals surface area contributed by atoms with Crippen molar-refractivity contribution in [2.24, 2.45) is 0 Å². The number of rotatable bonds is 8. The predicted molar refractivity (Wildman–Crippen MR) is 93.1 cm³/mol. The van der Waals surface area contributed by atoms with Gasteiger partial charge in [0.1, 0.15) is 0 Å². The maximum absolute atomic E-state index is 12.5. The van der Waals surface area contributed by atoms with Crippen molar-refractivity contribution < 1.29 is 13.2 Å². The zero-order valence-corrected chi connectivity index (χ0v) is 14.6. The molecular formula is C17H21N3O3S. The highest BCUT2D eigenvalue weighted by molar-refractivity contribution is 7.90. The summed E-state index contributed by atoms with van der Waals surface area (Å²) in [5.74, 6) is -0.203. The van der Waals surface area contributed by atoms with E-state index < -0.39 is 15.9 Å². The SMILES string of the molecule is CO[C@@H](CS(=O)(=O)Cc1cnc2ccccc2c1)[C@H](C)NCC#N. The summed E-state index contributed by atoms with van der Waals surface area (Å²) in [7, 11) is -1.90. The molecule has 128 valence electrons. The molecule has 0 saturated carbocycles. The number of nitrogens with one attached hydrogen (secondary N) is 1. The fourth-order valence-electron chi connectivity index (χ4n) is 2.51. The highest BCUT2D eigenvalue weighted by atomic mass is 32.2. The summed E-state index contributed by atoms with van der Waals surface area (Å²) < 4.78 is 30.3. The number of methoxy groups -OCH3 is 1. The fourth-order valence-corrected chi connectivity index (χ4v) is 4.22. The number of pyridine rings is 1. The number of para-hydroxylation sites is 1. The third-order valence-corrected chi connectivity index (χ3v) is 5.42. The Morgan fingerprint density at radius 1 is 1.38 bits per heavy atom. The molecule has 1 aromatic carbocycles. The number of nitriles is 1. The van der Waals surface area contributed by atoms with Crippen LogP contribution in [0.3, 0.4) is 0 Å². The highest BCUT2D eigenvalue weighted by Crippen LogP contribution is 2.16. The first-order valence-electron chi connectivity index (χ1n) is 7.62. The molecule has 0 bridgehead atoms. The number of ether oxygens (including phenoxy) is 1. The van der Waals surface area contributed by atoms with Crippen LogP contribution in [0, 0.1) is 11.3 Å². The summed E-state index contributed by atoms with van der Waals surface area (Å²) in [6, 6.07) is 11.2. The van der Waals surface area contributed by atoms with Gasteiger partial charge in [0.2, 0.25) is 0 Å². The molecule has 6 nitrogen and oxygen atoms in total. The quantitative estimate of drug-likeness (QED) is 0.730. The average Bonchev–Trinajstić information content (AvgIpc) is 2.57. The van der Waals surface area contributed by atoms with E-state index in [1.807, 2.05) is 36.4 Å². The molecule has 0 aliphatic heterocycles.